The standard InChI is InChI=1S/C13H14F3N/c1-4-12(2,3)17-9-10-5-7-11(8-6-10)13(14,15)16/h1,5-8,17H,9H2,2-3H3. The van der Waals surface area contributed by atoms with Gasteiger partial charge in [-0.25, -0.2) is 0 Å². The summed E-state index contributed by atoms with van der Waals surface area (Å²) in [6.07, 6.45) is 1.00. The lowest BCUT2D eigenvalue weighted by Gasteiger charge is -2.19. The molecule has 0 unspecified atom stereocenters. The molecule has 0 radical (unpaired) electrons. The Kier molecular flexibility index (Phi) is 3.84. The first-order valence-corrected chi connectivity index (χ1v) is 5.13. The van der Waals surface area contributed by atoms with Gasteiger partial charge in [0.1, 0.15) is 0 Å². The summed E-state index contributed by atoms with van der Waals surface area (Å²) >= 11 is 0. The zero-order valence-electron chi connectivity index (χ0n) is 9.73. The lowest BCUT2D eigenvalue weighted by Crippen LogP contribution is -2.36. The minimum atomic E-state index is -4.29. The number of hydrogen-bond donors (Lipinski definition) is 1. The van der Waals surface area contributed by atoms with Crippen LogP contribution >= 0.6 is 0 Å². The molecule has 0 aliphatic carbocycles. The van der Waals surface area contributed by atoms with E-state index >= 15 is 0 Å². The molecule has 1 aromatic rings. The number of hydrogen-bond acceptors (Lipinski definition) is 1. The first-order valence-electron chi connectivity index (χ1n) is 5.13. The predicted molar refractivity (Wildman–Crippen MR) is 61.2 cm³/mol. The number of rotatable bonds is 3. The molecule has 1 N–H and O–H groups in total. The van der Waals surface area contributed by atoms with Crippen LogP contribution in [0.4, 0.5) is 13.2 Å². The second kappa shape index (κ2) is 4.80. The first-order chi connectivity index (χ1) is 7.74. The average molecular weight is 241 g/mol. The van der Waals surface area contributed by atoms with Crippen LogP contribution in [0.25, 0.3) is 0 Å². The normalized spacial score (nSPS) is 12.2. The number of terminal acetylenes is 1. The van der Waals surface area contributed by atoms with Crippen molar-refractivity contribution in [3.63, 3.8) is 0 Å². The molecule has 0 fully saturated rings. The lowest BCUT2D eigenvalue weighted by molar-refractivity contribution is -0.137. The van der Waals surface area contributed by atoms with Crippen molar-refractivity contribution in [2.24, 2.45) is 0 Å². The molecule has 92 valence electrons. The van der Waals surface area contributed by atoms with E-state index in [1.807, 2.05) is 13.8 Å². The number of benzene rings is 1. The number of alkyl halides is 3. The van der Waals surface area contributed by atoms with Gasteiger partial charge in [-0.3, -0.25) is 5.32 Å². The van der Waals surface area contributed by atoms with Crippen molar-refractivity contribution in [1.29, 1.82) is 0 Å². The Balaban J connectivity index is 2.68. The van der Waals surface area contributed by atoms with Gasteiger partial charge in [0.25, 0.3) is 0 Å². The summed E-state index contributed by atoms with van der Waals surface area (Å²) in [5, 5.41) is 3.07. The zero-order valence-corrected chi connectivity index (χ0v) is 9.73. The van der Waals surface area contributed by atoms with Crippen molar-refractivity contribution in [2.45, 2.75) is 32.1 Å². The predicted octanol–water partition coefficient (Wildman–Crippen LogP) is 3.21. The third kappa shape index (κ3) is 4.12. The summed E-state index contributed by atoms with van der Waals surface area (Å²) in [5.41, 5.74) is -0.346. The van der Waals surface area contributed by atoms with E-state index in [0.717, 1.165) is 17.7 Å². The van der Waals surface area contributed by atoms with Gasteiger partial charge >= 0.3 is 6.18 Å². The lowest BCUT2D eigenvalue weighted by atomic mass is 10.1. The van der Waals surface area contributed by atoms with E-state index in [9.17, 15) is 13.2 Å². The Hall–Kier alpha value is -1.47. The molecule has 0 bridgehead atoms. The number of halogens is 3. The molecule has 17 heavy (non-hydrogen) atoms. The van der Waals surface area contributed by atoms with E-state index in [-0.39, 0.29) is 0 Å². The van der Waals surface area contributed by atoms with Gasteiger partial charge in [-0.15, -0.1) is 6.42 Å². The van der Waals surface area contributed by atoms with E-state index in [2.05, 4.69) is 11.2 Å². The minimum Gasteiger partial charge on any atom is -0.298 e. The Morgan fingerprint density at radius 2 is 1.71 bits per heavy atom. The van der Waals surface area contributed by atoms with Gasteiger partial charge < -0.3 is 0 Å². The van der Waals surface area contributed by atoms with Gasteiger partial charge in [0.2, 0.25) is 0 Å². The molecule has 0 spiro atoms. The molecule has 0 amide bonds. The highest BCUT2D eigenvalue weighted by atomic mass is 19.4. The summed E-state index contributed by atoms with van der Waals surface area (Å²) in [6.45, 7) is 4.10. The molecular weight excluding hydrogens is 227 g/mol. The fourth-order valence-electron chi connectivity index (χ4n) is 1.19. The van der Waals surface area contributed by atoms with Crippen molar-refractivity contribution in [3.8, 4) is 12.3 Å². The molecule has 1 nitrogen and oxygen atoms in total. The maximum atomic E-state index is 12.3. The Labute approximate surface area is 99.0 Å². The van der Waals surface area contributed by atoms with E-state index in [1.165, 1.54) is 12.1 Å². The third-order valence-corrected chi connectivity index (χ3v) is 2.38. The van der Waals surface area contributed by atoms with Crippen LogP contribution in [0.5, 0.6) is 0 Å². The maximum absolute atomic E-state index is 12.3. The summed E-state index contributed by atoms with van der Waals surface area (Å²) in [5.74, 6) is 2.56. The SMILES string of the molecule is C#CC(C)(C)NCc1ccc(C(F)(F)F)cc1. The van der Waals surface area contributed by atoms with Crippen LogP contribution in [0.15, 0.2) is 24.3 Å². The molecular formula is C13H14F3N. The van der Waals surface area contributed by atoms with Crippen molar-refractivity contribution in [2.75, 3.05) is 0 Å². The van der Waals surface area contributed by atoms with Crippen LogP contribution in [0.1, 0.15) is 25.0 Å². The van der Waals surface area contributed by atoms with Gasteiger partial charge in [0.05, 0.1) is 11.1 Å². The quantitative estimate of drug-likeness (QED) is 0.801. The van der Waals surface area contributed by atoms with E-state index in [4.69, 9.17) is 6.42 Å². The molecule has 1 aromatic carbocycles. The van der Waals surface area contributed by atoms with Crippen LogP contribution in [0.2, 0.25) is 0 Å². The summed E-state index contributed by atoms with van der Waals surface area (Å²) in [4.78, 5) is 0. The van der Waals surface area contributed by atoms with Crippen LogP contribution < -0.4 is 5.32 Å². The van der Waals surface area contributed by atoms with Gasteiger partial charge in [0, 0.05) is 6.54 Å². The molecule has 1 rings (SSSR count). The summed E-state index contributed by atoms with van der Waals surface area (Å²) in [7, 11) is 0. The van der Waals surface area contributed by atoms with Crippen molar-refractivity contribution in [1.82, 2.24) is 5.32 Å². The third-order valence-electron chi connectivity index (χ3n) is 2.38. The van der Waals surface area contributed by atoms with Crippen molar-refractivity contribution >= 4 is 0 Å². The van der Waals surface area contributed by atoms with Crippen LogP contribution in [0.3, 0.4) is 0 Å². The fraction of sp³-hybridized carbons (Fsp3) is 0.385. The molecule has 0 saturated carbocycles. The summed E-state index contributed by atoms with van der Waals surface area (Å²) < 4.78 is 36.9. The molecule has 0 heterocycles. The summed E-state index contributed by atoms with van der Waals surface area (Å²) in [6, 6.07) is 5.03. The highest BCUT2D eigenvalue weighted by molar-refractivity contribution is 5.25. The van der Waals surface area contributed by atoms with Crippen molar-refractivity contribution < 1.29 is 13.2 Å². The number of nitrogens with one attached hydrogen (secondary N) is 1. The molecule has 0 aliphatic heterocycles. The van der Waals surface area contributed by atoms with Crippen LogP contribution in [0, 0.1) is 12.3 Å². The van der Waals surface area contributed by atoms with E-state index in [0.29, 0.717) is 6.54 Å². The van der Waals surface area contributed by atoms with Gasteiger partial charge in [-0.1, -0.05) is 18.1 Å². The van der Waals surface area contributed by atoms with Crippen LogP contribution in [-0.4, -0.2) is 5.54 Å². The first kappa shape index (κ1) is 13.6. The van der Waals surface area contributed by atoms with Gasteiger partial charge in [-0.05, 0) is 31.5 Å². The van der Waals surface area contributed by atoms with Crippen LogP contribution in [-0.2, 0) is 12.7 Å². The Bertz CT molecular complexity index is 410. The smallest absolute Gasteiger partial charge is 0.298 e. The topological polar surface area (TPSA) is 12.0 Å². The van der Waals surface area contributed by atoms with Gasteiger partial charge in [0.15, 0.2) is 0 Å². The molecule has 4 heteroatoms. The average Bonchev–Trinajstić information content (AvgIpc) is 2.26. The highest BCUT2D eigenvalue weighted by Crippen LogP contribution is 2.29. The second-order valence-corrected chi connectivity index (χ2v) is 4.32. The Morgan fingerprint density at radius 1 is 1.18 bits per heavy atom. The Morgan fingerprint density at radius 3 is 2.12 bits per heavy atom. The van der Waals surface area contributed by atoms with E-state index in [1.54, 1.807) is 0 Å². The monoisotopic (exact) mass is 241 g/mol. The molecule has 0 atom stereocenters. The fourth-order valence-corrected chi connectivity index (χ4v) is 1.19. The molecule has 0 aromatic heterocycles. The zero-order chi connectivity index (χ0) is 13.1. The maximum Gasteiger partial charge on any atom is 0.416 e. The molecule has 0 aliphatic rings. The van der Waals surface area contributed by atoms with E-state index < -0.39 is 17.3 Å². The van der Waals surface area contributed by atoms with Crippen molar-refractivity contribution in [3.05, 3.63) is 35.4 Å². The molecule has 0 saturated heterocycles. The second-order valence-electron chi connectivity index (χ2n) is 4.32. The largest absolute Gasteiger partial charge is 0.416 e. The van der Waals surface area contributed by atoms with Gasteiger partial charge in [-0.2, -0.15) is 13.2 Å². The minimum absolute atomic E-state index is 0.440. The highest BCUT2D eigenvalue weighted by Gasteiger charge is 2.29.